The second-order valence-corrected chi connectivity index (χ2v) is 5.71. The van der Waals surface area contributed by atoms with Gasteiger partial charge in [0.05, 0.1) is 24.0 Å². The van der Waals surface area contributed by atoms with Crippen LogP contribution in [0.25, 0.3) is 0 Å². The Hall–Kier alpha value is -2.37. The number of carbonyl (C=O) groups excluding carboxylic acids is 1. The minimum atomic E-state index is -0.706. The fraction of sp³-hybridized carbons (Fsp3) is 0.316. The SMILES string of the molecule is COCC(O)CN(C)C(=O)c1ccccc1N(C)c1ccccc1. The number of hydrogen-bond acceptors (Lipinski definition) is 4. The van der Waals surface area contributed by atoms with Gasteiger partial charge < -0.3 is 19.6 Å². The number of rotatable bonds is 7. The van der Waals surface area contributed by atoms with Crippen molar-refractivity contribution in [3.05, 3.63) is 60.2 Å². The number of nitrogens with zero attached hydrogens (tertiary/aromatic N) is 2. The van der Waals surface area contributed by atoms with Gasteiger partial charge in [0.2, 0.25) is 0 Å². The largest absolute Gasteiger partial charge is 0.389 e. The second-order valence-electron chi connectivity index (χ2n) is 5.71. The number of para-hydroxylation sites is 2. The fourth-order valence-electron chi connectivity index (χ4n) is 2.59. The fourth-order valence-corrected chi connectivity index (χ4v) is 2.59. The minimum absolute atomic E-state index is 0.136. The number of amides is 1. The van der Waals surface area contributed by atoms with Gasteiger partial charge in [-0.25, -0.2) is 0 Å². The molecule has 0 aromatic heterocycles. The van der Waals surface area contributed by atoms with E-state index in [0.717, 1.165) is 11.4 Å². The summed E-state index contributed by atoms with van der Waals surface area (Å²) in [6.45, 7) is 0.416. The predicted octanol–water partition coefficient (Wildman–Crippen LogP) is 2.53. The quantitative estimate of drug-likeness (QED) is 0.849. The molecule has 24 heavy (non-hydrogen) atoms. The van der Waals surface area contributed by atoms with Crippen LogP contribution in [-0.2, 0) is 4.74 Å². The Balaban J connectivity index is 2.23. The Labute approximate surface area is 143 Å². The van der Waals surface area contributed by atoms with E-state index in [1.807, 2.05) is 60.5 Å². The first-order valence-corrected chi connectivity index (χ1v) is 7.85. The van der Waals surface area contributed by atoms with Crippen LogP contribution in [0.15, 0.2) is 54.6 Å². The lowest BCUT2D eigenvalue weighted by molar-refractivity contribution is 0.0380. The topological polar surface area (TPSA) is 53.0 Å². The molecule has 0 heterocycles. The highest BCUT2D eigenvalue weighted by atomic mass is 16.5. The van der Waals surface area contributed by atoms with E-state index in [-0.39, 0.29) is 19.1 Å². The number of likely N-dealkylation sites (N-methyl/N-ethyl adjacent to an activating group) is 1. The lowest BCUT2D eigenvalue weighted by atomic mass is 10.1. The van der Waals surface area contributed by atoms with E-state index in [4.69, 9.17) is 4.74 Å². The summed E-state index contributed by atoms with van der Waals surface area (Å²) >= 11 is 0. The highest BCUT2D eigenvalue weighted by molar-refractivity contribution is 6.00. The van der Waals surface area contributed by atoms with Crippen molar-refractivity contribution >= 4 is 17.3 Å². The van der Waals surface area contributed by atoms with Gasteiger partial charge in [0.15, 0.2) is 0 Å². The number of methoxy groups -OCH3 is 1. The van der Waals surface area contributed by atoms with Gasteiger partial charge in [-0.2, -0.15) is 0 Å². The summed E-state index contributed by atoms with van der Waals surface area (Å²) in [6, 6.07) is 17.3. The Bertz CT molecular complexity index is 661. The van der Waals surface area contributed by atoms with Crippen LogP contribution in [0, 0.1) is 0 Å². The van der Waals surface area contributed by atoms with Crippen molar-refractivity contribution < 1.29 is 14.6 Å². The average molecular weight is 328 g/mol. The number of carbonyl (C=O) groups is 1. The normalized spacial score (nSPS) is 11.8. The molecule has 0 saturated carbocycles. The van der Waals surface area contributed by atoms with E-state index in [2.05, 4.69) is 0 Å². The zero-order valence-electron chi connectivity index (χ0n) is 14.3. The molecule has 0 aliphatic rings. The molecule has 0 radical (unpaired) electrons. The smallest absolute Gasteiger partial charge is 0.255 e. The van der Waals surface area contributed by atoms with Crippen molar-refractivity contribution in [2.45, 2.75) is 6.10 Å². The summed E-state index contributed by atoms with van der Waals surface area (Å²) in [5, 5.41) is 9.84. The number of aliphatic hydroxyl groups excluding tert-OH is 1. The number of aliphatic hydroxyl groups is 1. The van der Waals surface area contributed by atoms with Crippen molar-refractivity contribution in [2.75, 3.05) is 39.3 Å². The third kappa shape index (κ3) is 4.34. The van der Waals surface area contributed by atoms with E-state index >= 15 is 0 Å². The molecule has 0 saturated heterocycles. The van der Waals surface area contributed by atoms with E-state index in [9.17, 15) is 9.90 Å². The molecule has 2 aromatic rings. The Morgan fingerprint density at radius 1 is 1.08 bits per heavy atom. The van der Waals surface area contributed by atoms with Crippen LogP contribution in [0.5, 0.6) is 0 Å². The standard InChI is InChI=1S/C19H24N2O3/c1-20(13-16(22)14-24-3)19(23)17-11-7-8-12-18(17)21(2)15-9-5-4-6-10-15/h4-12,16,22H,13-14H2,1-3H3. The summed E-state index contributed by atoms with van der Waals surface area (Å²) in [5.41, 5.74) is 2.41. The van der Waals surface area contributed by atoms with Crippen LogP contribution in [0.4, 0.5) is 11.4 Å². The van der Waals surface area contributed by atoms with E-state index in [0.29, 0.717) is 5.56 Å². The zero-order valence-corrected chi connectivity index (χ0v) is 14.3. The maximum atomic E-state index is 12.8. The monoisotopic (exact) mass is 328 g/mol. The second kappa shape index (κ2) is 8.47. The summed E-state index contributed by atoms with van der Waals surface area (Å²) in [5.74, 6) is -0.136. The van der Waals surface area contributed by atoms with Crippen molar-refractivity contribution in [2.24, 2.45) is 0 Å². The molecule has 0 aliphatic carbocycles. The van der Waals surface area contributed by atoms with E-state index in [1.54, 1.807) is 13.1 Å². The minimum Gasteiger partial charge on any atom is -0.389 e. The van der Waals surface area contributed by atoms with E-state index < -0.39 is 6.10 Å². The molecule has 0 bridgehead atoms. The van der Waals surface area contributed by atoms with Crippen molar-refractivity contribution in [1.29, 1.82) is 0 Å². The number of benzene rings is 2. The molecule has 0 aliphatic heterocycles. The highest BCUT2D eigenvalue weighted by Gasteiger charge is 2.20. The summed E-state index contributed by atoms with van der Waals surface area (Å²) in [6.07, 6.45) is -0.706. The van der Waals surface area contributed by atoms with Crippen molar-refractivity contribution in [3.63, 3.8) is 0 Å². The molecule has 0 spiro atoms. The zero-order chi connectivity index (χ0) is 17.5. The third-order valence-corrected chi connectivity index (χ3v) is 3.83. The lowest BCUT2D eigenvalue weighted by Gasteiger charge is -2.25. The molecule has 2 aromatic carbocycles. The molecule has 5 heteroatoms. The van der Waals surface area contributed by atoms with Crippen molar-refractivity contribution in [1.82, 2.24) is 4.90 Å². The Morgan fingerprint density at radius 2 is 1.71 bits per heavy atom. The van der Waals surface area contributed by atoms with Gasteiger partial charge in [-0.3, -0.25) is 4.79 Å². The van der Waals surface area contributed by atoms with Gasteiger partial charge in [-0.1, -0.05) is 30.3 Å². The van der Waals surface area contributed by atoms with Gasteiger partial charge in [0.25, 0.3) is 5.91 Å². The maximum Gasteiger partial charge on any atom is 0.255 e. The molecule has 0 fully saturated rings. The number of hydrogen-bond donors (Lipinski definition) is 1. The first kappa shape index (κ1) is 18.0. The predicted molar refractivity (Wildman–Crippen MR) is 95.8 cm³/mol. The van der Waals surface area contributed by atoms with Gasteiger partial charge in [0, 0.05) is 33.4 Å². The number of ether oxygens (including phenoxy) is 1. The molecule has 1 amide bonds. The van der Waals surface area contributed by atoms with Crippen LogP contribution >= 0.6 is 0 Å². The average Bonchev–Trinajstić information content (AvgIpc) is 2.61. The highest BCUT2D eigenvalue weighted by Crippen LogP contribution is 2.27. The molecule has 5 nitrogen and oxygen atoms in total. The first-order valence-electron chi connectivity index (χ1n) is 7.85. The lowest BCUT2D eigenvalue weighted by Crippen LogP contribution is -2.36. The van der Waals surface area contributed by atoms with Gasteiger partial charge in [-0.05, 0) is 24.3 Å². The molecule has 2 rings (SSSR count). The summed E-state index contributed by atoms with van der Waals surface area (Å²) in [4.78, 5) is 16.3. The van der Waals surface area contributed by atoms with Crippen molar-refractivity contribution in [3.8, 4) is 0 Å². The summed E-state index contributed by atoms with van der Waals surface area (Å²) < 4.78 is 4.91. The first-order chi connectivity index (χ1) is 11.5. The van der Waals surface area contributed by atoms with Gasteiger partial charge in [0.1, 0.15) is 0 Å². The van der Waals surface area contributed by atoms with E-state index in [1.165, 1.54) is 12.0 Å². The van der Waals surface area contributed by atoms with Crippen LogP contribution in [0.2, 0.25) is 0 Å². The van der Waals surface area contributed by atoms with Crippen LogP contribution in [0.3, 0.4) is 0 Å². The Morgan fingerprint density at radius 3 is 2.38 bits per heavy atom. The molecule has 1 atom stereocenters. The van der Waals surface area contributed by atoms with Crippen LogP contribution in [-0.4, -0.2) is 56.4 Å². The maximum absolute atomic E-state index is 12.8. The van der Waals surface area contributed by atoms with Crippen LogP contribution in [0.1, 0.15) is 10.4 Å². The third-order valence-electron chi connectivity index (χ3n) is 3.83. The number of anilines is 2. The van der Waals surface area contributed by atoms with Gasteiger partial charge in [-0.15, -0.1) is 0 Å². The molecular formula is C19H24N2O3. The molecular weight excluding hydrogens is 304 g/mol. The summed E-state index contributed by atoms with van der Waals surface area (Å²) in [7, 11) is 5.14. The Kier molecular flexibility index (Phi) is 6.35. The van der Waals surface area contributed by atoms with Gasteiger partial charge >= 0.3 is 0 Å². The van der Waals surface area contributed by atoms with Crippen LogP contribution < -0.4 is 4.90 Å². The molecule has 128 valence electrons. The molecule has 1 N–H and O–H groups in total. The molecule has 1 unspecified atom stereocenters.